The van der Waals surface area contributed by atoms with Crippen LogP contribution in [-0.2, 0) is 14.9 Å². The van der Waals surface area contributed by atoms with Crippen LogP contribution in [0.5, 0.6) is 5.75 Å². The van der Waals surface area contributed by atoms with Crippen LogP contribution in [0.1, 0.15) is 0 Å². The molecule has 0 bridgehead atoms. The van der Waals surface area contributed by atoms with Gasteiger partial charge in [0.05, 0.1) is 17.9 Å². The number of amides is 1. The van der Waals surface area contributed by atoms with Crippen LogP contribution in [0.4, 0.5) is 11.4 Å². The third-order valence-corrected chi connectivity index (χ3v) is 4.19. The molecule has 0 atom stereocenters. The molecule has 21 heavy (non-hydrogen) atoms. The SMILES string of the molecule is O=C1CNc2ccc(S(=O)(=O)Oc3ccccc3)cc2N1. The van der Waals surface area contributed by atoms with Gasteiger partial charge in [0, 0.05) is 0 Å². The first-order valence-electron chi connectivity index (χ1n) is 6.22. The van der Waals surface area contributed by atoms with Gasteiger partial charge in [0.25, 0.3) is 0 Å². The van der Waals surface area contributed by atoms with Crippen molar-refractivity contribution >= 4 is 27.4 Å². The summed E-state index contributed by atoms with van der Waals surface area (Å²) in [4.78, 5) is 11.3. The second kappa shape index (κ2) is 5.10. The summed E-state index contributed by atoms with van der Waals surface area (Å²) < 4.78 is 29.5. The quantitative estimate of drug-likeness (QED) is 0.845. The number of fused-ring (bicyclic) bond motifs is 1. The van der Waals surface area contributed by atoms with Crippen LogP contribution in [0.15, 0.2) is 53.4 Å². The van der Waals surface area contributed by atoms with Gasteiger partial charge in [-0.25, -0.2) is 0 Å². The van der Waals surface area contributed by atoms with Gasteiger partial charge in [-0.05, 0) is 30.3 Å². The summed E-state index contributed by atoms with van der Waals surface area (Å²) in [5.41, 5.74) is 1.09. The van der Waals surface area contributed by atoms with Crippen LogP contribution in [0.2, 0.25) is 0 Å². The van der Waals surface area contributed by atoms with Crippen molar-refractivity contribution in [3.63, 3.8) is 0 Å². The molecule has 3 rings (SSSR count). The molecule has 1 aliphatic rings. The molecule has 6 nitrogen and oxygen atoms in total. The molecular formula is C14H12N2O4S. The number of para-hydroxylation sites is 1. The lowest BCUT2D eigenvalue weighted by Crippen LogP contribution is -2.27. The molecular weight excluding hydrogens is 292 g/mol. The molecule has 2 aromatic rings. The predicted molar refractivity (Wildman–Crippen MR) is 77.8 cm³/mol. The van der Waals surface area contributed by atoms with Gasteiger partial charge >= 0.3 is 10.1 Å². The number of carbonyl (C=O) groups excluding carboxylic acids is 1. The number of hydrogen-bond acceptors (Lipinski definition) is 5. The van der Waals surface area contributed by atoms with E-state index in [1.54, 1.807) is 36.4 Å². The van der Waals surface area contributed by atoms with Crippen molar-refractivity contribution in [2.45, 2.75) is 4.90 Å². The van der Waals surface area contributed by atoms with Crippen molar-refractivity contribution < 1.29 is 17.4 Å². The summed E-state index contributed by atoms with van der Waals surface area (Å²) in [5.74, 6) is 0.0124. The Labute approximate surface area is 121 Å². The van der Waals surface area contributed by atoms with E-state index in [1.165, 1.54) is 12.1 Å². The van der Waals surface area contributed by atoms with E-state index in [4.69, 9.17) is 4.18 Å². The highest BCUT2D eigenvalue weighted by Gasteiger charge is 2.21. The maximum atomic E-state index is 12.2. The van der Waals surface area contributed by atoms with E-state index in [0.717, 1.165) is 0 Å². The molecule has 0 unspecified atom stereocenters. The second-order valence-electron chi connectivity index (χ2n) is 4.46. The zero-order chi connectivity index (χ0) is 14.9. The van der Waals surface area contributed by atoms with Gasteiger partial charge in [-0.2, -0.15) is 8.42 Å². The molecule has 0 fully saturated rings. The van der Waals surface area contributed by atoms with Gasteiger partial charge in [0.1, 0.15) is 10.6 Å². The van der Waals surface area contributed by atoms with Crippen molar-refractivity contribution in [2.24, 2.45) is 0 Å². The van der Waals surface area contributed by atoms with Gasteiger partial charge in [0.15, 0.2) is 0 Å². The predicted octanol–water partition coefficient (Wildman–Crippen LogP) is 1.82. The third-order valence-electron chi connectivity index (χ3n) is 2.94. The number of nitrogens with one attached hydrogen (secondary N) is 2. The van der Waals surface area contributed by atoms with Crippen molar-refractivity contribution in [1.29, 1.82) is 0 Å². The first kappa shape index (κ1) is 13.4. The molecule has 0 aromatic heterocycles. The Balaban J connectivity index is 1.93. The lowest BCUT2D eigenvalue weighted by Gasteiger charge is -2.19. The standard InChI is InChI=1S/C14H12N2O4S/c17-14-9-15-12-7-6-11(8-13(12)16-14)21(18,19)20-10-4-2-1-3-5-10/h1-8,15H,9H2,(H,16,17). The average molecular weight is 304 g/mol. The highest BCUT2D eigenvalue weighted by Crippen LogP contribution is 2.28. The monoisotopic (exact) mass is 304 g/mol. The summed E-state index contributed by atoms with van der Waals surface area (Å²) in [6, 6.07) is 12.6. The summed E-state index contributed by atoms with van der Waals surface area (Å²) in [6.07, 6.45) is 0. The number of anilines is 2. The molecule has 2 N–H and O–H groups in total. The second-order valence-corrected chi connectivity index (χ2v) is 6.01. The Hall–Kier alpha value is -2.54. The largest absolute Gasteiger partial charge is 0.379 e. The van der Waals surface area contributed by atoms with E-state index in [1.807, 2.05) is 0 Å². The molecule has 0 spiro atoms. The summed E-state index contributed by atoms with van der Waals surface area (Å²) in [5, 5.41) is 5.51. The van der Waals surface area contributed by atoms with Crippen LogP contribution < -0.4 is 14.8 Å². The minimum Gasteiger partial charge on any atom is -0.379 e. The lowest BCUT2D eigenvalue weighted by molar-refractivity contribution is -0.114. The molecule has 0 aliphatic carbocycles. The Morgan fingerprint density at radius 1 is 1.00 bits per heavy atom. The third kappa shape index (κ3) is 2.82. The molecule has 0 saturated heterocycles. The van der Waals surface area contributed by atoms with E-state index in [2.05, 4.69) is 10.6 Å². The Kier molecular flexibility index (Phi) is 3.26. The number of rotatable bonds is 3. The van der Waals surface area contributed by atoms with E-state index in [-0.39, 0.29) is 23.1 Å². The fourth-order valence-corrected chi connectivity index (χ4v) is 2.91. The van der Waals surface area contributed by atoms with Gasteiger partial charge in [0.2, 0.25) is 5.91 Å². The summed E-state index contributed by atoms with van der Waals surface area (Å²) in [6.45, 7) is 0.166. The fourth-order valence-electron chi connectivity index (χ4n) is 1.96. The fraction of sp³-hybridized carbons (Fsp3) is 0.0714. The Bertz CT molecular complexity index is 788. The summed E-state index contributed by atoms with van der Waals surface area (Å²) >= 11 is 0. The molecule has 1 amide bonds. The van der Waals surface area contributed by atoms with E-state index in [9.17, 15) is 13.2 Å². The average Bonchev–Trinajstić information content (AvgIpc) is 2.47. The molecule has 7 heteroatoms. The number of hydrogen-bond donors (Lipinski definition) is 2. The first-order chi connectivity index (χ1) is 10.0. The minimum atomic E-state index is -3.94. The van der Waals surface area contributed by atoms with Gasteiger partial charge in [-0.15, -0.1) is 0 Å². The smallest absolute Gasteiger partial charge is 0.339 e. The van der Waals surface area contributed by atoms with Crippen molar-refractivity contribution in [2.75, 3.05) is 17.2 Å². The van der Waals surface area contributed by atoms with E-state index < -0.39 is 10.1 Å². The number of carbonyl (C=O) groups is 1. The normalized spacial score (nSPS) is 13.8. The molecule has 0 radical (unpaired) electrons. The molecule has 108 valence electrons. The van der Waals surface area contributed by atoms with Crippen molar-refractivity contribution in [1.82, 2.24) is 0 Å². The lowest BCUT2D eigenvalue weighted by atomic mass is 10.2. The van der Waals surface area contributed by atoms with Crippen LogP contribution in [0.3, 0.4) is 0 Å². The maximum absolute atomic E-state index is 12.2. The van der Waals surface area contributed by atoms with Crippen molar-refractivity contribution in [3.05, 3.63) is 48.5 Å². The van der Waals surface area contributed by atoms with E-state index in [0.29, 0.717) is 11.4 Å². The minimum absolute atomic E-state index is 0.0193. The Morgan fingerprint density at radius 3 is 2.52 bits per heavy atom. The van der Waals surface area contributed by atoms with Crippen LogP contribution in [-0.4, -0.2) is 20.9 Å². The highest BCUT2D eigenvalue weighted by molar-refractivity contribution is 7.87. The molecule has 1 aliphatic heterocycles. The molecule has 0 saturated carbocycles. The zero-order valence-electron chi connectivity index (χ0n) is 10.9. The van der Waals surface area contributed by atoms with Crippen molar-refractivity contribution in [3.8, 4) is 5.75 Å². The van der Waals surface area contributed by atoms with Gasteiger partial charge < -0.3 is 14.8 Å². The Morgan fingerprint density at radius 2 is 1.76 bits per heavy atom. The maximum Gasteiger partial charge on any atom is 0.339 e. The topological polar surface area (TPSA) is 84.5 Å². The van der Waals surface area contributed by atoms with Gasteiger partial charge in [-0.3, -0.25) is 4.79 Å². The summed E-state index contributed by atoms with van der Waals surface area (Å²) in [7, 11) is -3.94. The highest BCUT2D eigenvalue weighted by atomic mass is 32.2. The van der Waals surface area contributed by atoms with Crippen LogP contribution >= 0.6 is 0 Å². The van der Waals surface area contributed by atoms with Gasteiger partial charge in [-0.1, -0.05) is 18.2 Å². The van der Waals surface area contributed by atoms with Crippen LogP contribution in [0.25, 0.3) is 0 Å². The number of benzene rings is 2. The van der Waals surface area contributed by atoms with Crippen LogP contribution in [0, 0.1) is 0 Å². The molecule has 1 heterocycles. The molecule has 2 aromatic carbocycles. The first-order valence-corrected chi connectivity index (χ1v) is 7.63. The van der Waals surface area contributed by atoms with E-state index >= 15 is 0 Å². The zero-order valence-corrected chi connectivity index (χ0v) is 11.7.